The number of fused-ring (bicyclic) bond motifs is 4. The van der Waals surface area contributed by atoms with Crippen molar-refractivity contribution < 1.29 is 0 Å². The van der Waals surface area contributed by atoms with Crippen molar-refractivity contribution in [2.24, 2.45) is 0 Å². The summed E-state index contributed by atoms with van der Waals surface area (Å²) in [6.07, 6.45) is 0. The fraction of sp³-hybridized carbons (Fsp3) is 0. The molecule has 0 saturated heterocycles. The zero-order chi connectivity index (χ0) is 44.6. The predicted molar refractivity (Wildman–Crippen MR) is 291 cm³/mol. The first-order valence-electron chi connectivity index (χ1n) is 23.0. The van der Waals surface area contributed by atoms with E-state index in [1.54, 1.807) is 0 Å². The van der Waals surface area contributed by atoms with Gasteiger partial charge in [-0.05, 0) is 107 Å². The summed E-state index contributed by atoms with van der Waals surface area (Å²) < 4.78 is 2.55. The highest BCUT2D eigenvalue weighted by Crippen LogP contribution is 2.48. The number of nitrogens with zero attached hydrogens (tertiary/aromatic N) is 1. The molecule has 67 heavy (non-hydrogen) atoms. The van der Waals surface area contributed by atoms with E-state index in [1.165, 1.54) is 85.1 Å². The van der Waals surface area contributed by atoms with Gasteiger partial charge < -0.3 is 4.90 Å². The Morgan fingerprint density at radius 3 is 1.30 bits per heavy atom. The molecule has 1 nitrogen and oxygen atoms in total. The lowest BCUT2D eigenvalue weighted by molar-refractivity contribution is 1.30. The average molecular weight is 888 g/mol. The first-order valence-corrected chi connectivity index (χ1v) is 25.8. The molecule has 0 bridgehead atoms. The average Bonchev–Trinajstić information content (AvgIpc) is 3.81. The fourth-order valence-corrected chi connectivity index (χ4v) is 16.3. The van der Waals surface area contributed by atoms with Gasteiger partial charge in [-0.1, -0.05) is 231 Å². The monoisotopic (exact) mass is 887 g/mol. The van der Waals surface area contributed by atoms with Gasteiger partial charge in [0.1, 0.15) is 0 Å². The molecule has 316 valence electrons. The van der Waals surface area contributed by atoms with Crippen molar-refractivity contribution in [3.05, 3.63) is 273 Å². The lowest BCUT2D eigenvalue weighted by Crippen LogP contribution is -2.74. The molecule has 11 aromatic carbocycles. The molecule has 0 aliphatic heterocycles. The van der Waals surface area contributed by atoms with Gasteiger partial charge in [0.25, 0.3) is 0 Å². The Hall–Kier alpha value is -8.08. The number of hydrogen-bond donors (Lipinski definition) is 0. The molecule has 0 amide bonds. The first kappa shape index (κ1) is 40.4. The smallest absolute Gasteiger partial charge is 0.179 e. The van der Waals surface area contributed by atoms with Crippen LogP contribution >= 0.6 is 11.3 Å². The van der Waals surface area contributed by atoms with Crippen molar-refractivity contribution in [1.29, 1.82) is 0 Å². The largest absolute Gasteiger partial charge is 0.310 e. The van der Waals surface area contributed by atoms with E-state index in [0.29, 0.717) is 0 Å². The number of benzene rings is 11. The van der Waals surface area contributed by atoms with E-state index in [2.05, 4.69) is 278 Å². The van der Waals surface area contributed by atoms with Gasteiger partial charge in [0, 0.05) is 31.5 Å². The summed E-state index contributed by atoms with van der Waals surface area (Å²) in [6, 6.07) is 101. The number of thiophene rings is 1. The van der Waals surface area contributed by atoms with Gasteiger partial charge in [0.2, 0.25) is 0 Å². The standard InChI is InChI=1S/C64H45NSSi/c1-5-18-49(19-6-1)59-30-16-32-61-63(59)64-60(31-17-33-62(64)66-61)65(52-42-36-50(37-43-52)58-29-15-21-48-20-13-14-28-57(48)58)51-40-34-46(35-41-51)47-38-44-56(45-39-47)67(53-22-7-2-8-23-53,54-24-9-3-10-25-54)55-26-11-4-12-27-55/h1-45H. The molecule has 0 aliphatic rings. The zero-order valence-electron chi connectivity index (χ0n) is 36.8. The Kier molecular flexibility index (Phi) is 10.5. The van der Waals surface area contributed by atoms with Crippen LogP contribution in [-0.2, 0) is 0 Å². The minimum Gasteiger partial charge on any atom is -0.310 e. The molecule has 0 unspecified atom stereocenters. The van der Waals surface area contributed by atoms with Crippen LogP contribution in [0.15, 0.2) is 273 Å². The van der Waals surface area contributed by atoms with E-state index >= 15 is 0 Å². The topological polar surface area (TPSA) is 3.24 Å². The van der Waals surface area contributed by atoms with Crippen molar-refractivity contribution in [2.75, 3.05) is 4.90 Å². The van der Waals surface area contributed by atoms with E-state index < -0.39 is 8.07 Å². The van der Waals surface area contributed by atoms with E-state index in [0.717, 1.165) is 17.1 Å². The normalized spacial score (nSPS) is 11.6. The van der Waals surface area contributed by atoms with Crippen LogP contribution in [0.4, 0.5) is 17.1 Å². The van der Waals surface area contributed by atoms with Crippen molar-refractivity contribution in [2.45, 2.75) is 0 Å². The van der Waals surface area contributed by atoms with Crippen LogP contribution in [0.25, 0.3) is 64.3 Å². The quantitative estimate of drug-likeness (QED) is 0.0977. The van der Waals surface area contributed by atoms with Gasteiger partial charge >= 0.3 is 0 Å². The Labute approximate surface area is 397 Å². The molecule has 0 saturated carbocycles. The number of hydrogen-bond acceptors (Lipinski definition) is 2. The lowest BCUT2D eigenvalue weighted by atomic mass is 9.97. The molecule has 0 spiro atoms. The third kappa shape index (κ3) is 7.17. The van der Waals surface area contributed by atoms with E-state index in [4.69, 9.17) is 0 Å². The molecule has 0 atom stereocenters. The van der Waals surface area contributed by atoms with Gasteiger partial charge in [0.05, 0.1) is 5.69 Å². The summed E-state index contributed by atoms with van der Waals surface area (Å²) in [4.78, 5) is 2.45. The molecule has 1 heterocycles. The van der Waals surface area contributed by atoms with Crippen LogP contribution in [0.3, 0.4) is 0 Å². The van der Waals surface area contributed by atoms with Crippen LogP contribution in [0.5, 0.6) is 0 Å². The lowest BCUT2D eigenvalue weighted by Gasteiger charge is -2.34. The SMILES string of the molecule is c1ccc(-c2cccc3sc4cccc(N(c5ccc(-c6ccc([Si](c7ccccc7)(c7ccccc7)c7ccccc7)cc6)cc5)c5ccc(-c6cccc7ccccc67)cc5)c4c23)cc1. The second-order valence-corrected chi connectivity index (χ2v) is 22.1. The molecular weight excluding hydrogens is 843 g/mol. The van der Waals surface area contributed by atoms with Crippen LogP contribution in [0.2, 0.25) is 0 Å². The van der Waals surface area contributed by atoms with Gasteiger partial charge in [-0.15, -0.1) is 11.3 Å². The molecule has 0 fully saturated rings. The molecule has 1 aromatic heterocycles. The van der Waals surface area contributed by atoms with Crippen molar-refractivity contribution in [1.82, 2.24) is 0 Å². The Balaban J connectivity index is 0.985. The highest BCUT2D eigenvalue weighted by Gasteiger charge is 2.41. The summed E-state index contributed by atoms with van der Waals surface area (Å²) in [6.45, 7) is 0. The van der Waals surface area contributed by atoms with E-state index in [9.17, 15) is 0 Å². The molecule has 12 rings (SSSR count). The van der Waals surface area contributed by atoms with Crippen LogP contribution in [-0.4, -0.2) is 8.07 Å². The molecule has 12 aromatic rings. The Morgan fingerprint density at radius 2 is 0.701 bits per heavy atom. The Morgan fingerprint density at radius 1 is 0.284 bits per heavy atom. The third-order valence-corrected chi connectivity index (χ3v) is 19.4. The molecule has 0 radical (unpaired) electrons. The van der Waals surface area contributed by atoms with E-state index in [1.807, 2.05) is 11.3 Å². The maximum absolute atomic E-state index is 2.63. The fourth-order valence-electron chi connectivity index (χ4n) is 10.4. The summed E-state index contributed by atoms with van der Waals surface area (Å²) in [7, 11) is -2.63. The number of rotatable bonds is 10. The third-order valence-electron chi connectivity index (χ3n) is 13.4. The van der Waals surface area contributed by atoms with Crippen LogP contribution < -0.4 is 25.6 Å². The van der Waals surface area contributed by atoms with Crippen molar-refractivity contribution in [3.8, 4) is 33.4 Å². The molecule has 3 heteroatoms. The predicted octanol–water partition coefficient (Wildman–Crippen LogP) is 15.1. The van der Waals surface area contributed by atoms with Crippen LogP contribution in [0, 0.1) is 0 Å². The molecule has 0 aliphatic carbocycles. The van der Waals surface area contributed by atoms with Gasteiger partial charge in [-0.25, -0.2) is 0 Å². The van der Waals surface area contributed by atoms with Gasteiger partial charge in [-0.3, -0.25) is 0 Å². The molecule has 0 N–H and O–H groups in total. The van der Waals surface area contributed by atoms with Crippen LogP contribution in [0.1, 0.15) is 0 Å². The second-order valence-electron chi connectivity index (χ2n) is 17.2. The van der Waals surface area contributed by atoms with Crippen molar-refractivity contribution >= 4 is 88.2 Å². The maximum Gasteiger partial charge on any atom is 0.179 e. The zero-order valence-corrected chi connectivity index (χ0v) is 38.7. The maximum atomic E-state index is 2.45. The van der Waals surface area contributed by atoms with Crippen molar-refractivity contribution in [3.63, 3.8) is 0 Å². The Bertz CT molecular complexity index is 3540. The molecular formula is C64H45NSSi. The second kappa shape index (κ2) is 17.4. The van der Waals surface area contributed by atoms with E-state index in [-0.39, 0.29) is 0 Å². The van der Waals surface area contributed by atoms with Gasteiger partial charge in [-0.2, -0.15) is 0 Å². The minimum absolute atomic E-state index is 1.10. The highest BCUT2D eigenvalue weighted by atomic mass is 32.1. The number of anilines is 3. The summed E-state index contributed by atoms with van der Waals surface area (Å²) in [5.41, 5.74) is 10.6. The first-order chi connectivity index (χ1) is 33.2. The summed E-state index contributed by atoms with van der Waals surface area (Å²) >= 11 is 1.87. The van der Waals surface area contributed by atoms with Gasteiger partial charge in [0.15, 0.2) is 8.07 Å². The summed E-state index contributed by atoms with van der Waals surface area (Å²) in [5.74, 6) is 0. The highest BCUT2D eigenvalue weighted by molar-refractivity contribution is 7.26. The summed E-state index contributed by atoms with van der Waals surface area (Å²) in [5, 5.41) is 10.5. The minimum atomic E-state index is -2.63.